The van der Waals surface area contributed by atoms with E-state index in [2.05, 4.69) is 40.6 Å². The fourth-order valence-corrected chi connectivity index (χ4v) is 4.17. The Morgan fingerprint density at radius 3 is 2.85 bits per heavy atom. The molecule has 2 N–H and O–H groups in total. The van der Waals surface area contributed by atoms with Crippen molar-refractivity contribution >= 4 is 10.9 Å². The van der Waals surface area contributed by atoms with Gasteiger partial charge in [-0.3, -0.25) is 0 Å². The van der Waals surface area contributed by atoms with E-state index in [1.807, 2.05) is 6.07 Å². The molecule has 3 aromatic rings. The third-order valence-corrected chi connectivity index (χ3v) is 5.60. The lowest BCUT2D eigenvalue weighted by Gasteiger charge is -2.23. The van der Waals surface area contributed by atoms with Crippen molar-refractivity contribution < 1.29 is 4.39 Å². The van der Waals surface area contributed by atoms with E-state index in [0.717, 1.165) is 43.3 Å². The number of benzene rings is 2. The predicted octanol–water partition coefficient (Wildman–Crippen LogP) is 5.02. The molecule has 0 saturated heterocycles. The third-order valence-electron chi connectivity index (χ3n) is 5.60. The number of fused-ring (bicyclic) bond motifs is 3. The van der Waals surface area contributed by atoms with Crippen LogP contribution in [-0.2, 0) is 19.3 Å². The van der Waals surface area contributed by atoms with Gasteiger partial charge in [-0.25, -0.2) is 4.39 Å². The number of halogens is 1. The lowest BCUT2D eigenvalue weighted by atomic mass is 9.86. The summed E-state index contributed by atoms with van der Waals surface area (Å²) < 4.78 is 13.6. The lowest BCUT2D eigenvalue weighted by molar-refractivity contribution is 0.421. The number of aromatic nitrogens is 1. The van der Waals surface area contributed by atoms with Crippen LogP contribution in [0.4, 0.5) is 4.39 Å². The minimum atomic E-state index is -0.141. The number of unbranched alkanes of at least 4 members (excludes halogenated alkanes) is 1. The van der Waals surface area contributed by atoms with Gasteiger partial charge in [0.25, 0.3) is 0 Å². The zero-order valence-corrected chi connectivity index (χ0v) is 15.2. The van der Waals surface area contributed by atoms with E-state index in [1.54, 1.807) is 12.1 Å². The molecule has 2 aromatic carbocycles. The Hall–Kier alpha value is -2.13. The molecule has 1 aliphatic rings. The number of nitrogens with one attached hydrogen (secondary N) is 2. The Kier molecular flexibility index (Phi) is 5.35. The second-order valence-corrected chi connectivity index (χ2v) is 7.53. The maximum atomic E-state index is 13.6. The smallest absolute Gasteiger partial charge is 0.123 e. The molecule has 3 heteroatoms. The molecule has 1 aliphatic carbocycles. The van der Waals surface area contributed by atoms with Crippen LogP contribution < -0.4 is 5.32 Å². The molecule has 1 unspecified atom stereocenters. The Morgan fingerprint density at radius 1 is 1.08 bits per heavy atom. The van der Waals surface area contributed by atoms with Gasteiger partial charge in [0.15, 0.2) is 0 Å². The van der Waals surface area contributed by atoms with Crippen molar-refractivity contribution in [3.63, 3.8) is 0 Å². The minimum Gasteiger partial charge on any atom is -0.358 e. The van der Waals surface area contributed by atoms with Gasteiger partial charge >= 0.3 is 0 Å². The van der Waals surface area contributed by atoms with Crippen molar-refractivity contribution in [1.29, 1.82) is 0 Å². The molecule has 1 aromatic heterocycles. The first-order valence-electron chi connectivity index (χ1n) is 9.83. The summed E-state index contributed by atoms with van der Waals surface area (Å²) in [4.78, 5) is 3.48. The average Bonchev–Trinajstić information content (AvgIpc) is 3.02. The van der Waals surface area contributed by atoms with Crippen LogP contribution in [0.3, 0.4) is 0 Å². The molecule has 0 aliphatic heterocycles. The highest BCUT2D eigenvalue weighted by atomic mass is 19.1. The molecule has 0 radical (unpaired) electrons. The fourth-order valence-electron chi connectivity index (χ4n) is 4.17. The molecule has 0 fully saturated rings. The Balaban J connectivity index is 1.23. The van der Waals surface area contributed by atoms with Crippen LogP contribution in [0.5, 0.6) is 0 Å². The van der Waals surface area contributed by atoms with Crippen molar-refractivity contribution in [2.24, 2.45) is 5.92 Å². The number of aryl methyl sites for hydroxylation is 2. The van der Waals surface area contributed by atoms with Crippen LogP contribution >= 0.6 is 0 Å². The summed E-state index contributed by atoms with van der Waals surface area (Å²) in [5, 5.41) is 4.72. The molecule has 136 valence electrons. The monoisotopic (exact) mass is 350 g/mol. The van der Waals surface area contributed by atoms with E-state index >= 15 is 0 Å². The number of hydrogen-bond donors (Lipinski definition) is 2. The summed E-state index contributed by atoms with van der Waals surface area (Å²) in [6.45, 7) is 2.14. The molecule has 4 rings (SSSR count). The third kappa shape index (κ3) is 3.99. The van der Waals surface area contributed by atoms with Crippen molar-refractivity contribution in [2.75, 3.05) is 13.1 Å². The van der Waals surface area contributed by atoms with E-state index in [0.29, 0.717) is 5.92 Å². The van der Waals surface area contributed by atoms with E-state index < -0.39 is 0 Å². The molecule has 0 spiro atoms. The fraction of sp³-hybridized carbons (Fsp3) is 0.391. The maximum Gasteiger partial charge on any atom is 0.123 e. The van der Waals surface area contributed by atoms with E-state index in [-0.39, 0.29) is 5.82 Å². The van der Waals surface area contributed by atoms with Gasteiger partial charge in [-0.1, -0.05) is 30.3 Å². The molecule has 0 bridgehead atoms. The number of rotatable bonds is 7. The van der Waals surface area contributed by atoms with E-state index in [4.69, 9.17) is 0 Å². The van der Waals surface area contributed by atoms with Gasteiger partial charge in [-0.2, -0.15) is 0 Å². The molecule has 0 saturated carbocycles. The highest BCUT2D eigenvalue weighted by molar-refractivity contribution is 5.85. The largest absolute Gasteiger partial charge is 0.358 e. The van der Waals surface area contributed by atoms with Crippen LogP contribution in [0, 0.1) is 11.7 Å². The first-order chi connectivity index (χ1) is 12.8. The van der Waals surface area contributed by atoms with Crippen molar-refractivity contribution in [1.82, 2.24) is 10.3 Å². The van der Waals surface area contributed by atoms with Crippen LogP contribution in [0.15, 0.2) is 48.5 Å². The van der Waals surface area contributed by atoms with Crippen LogP contribution in [-0.4, -0.2) is 18.1 Å². The van der Waals surface area contributed by atoms with Gasteiger partial charge in [-0.05, 0) is 86.9 Å². The predicted molar refractivity (Wildman–Crippen MR) is 106 cm³/mol. The van der Waals surface area contributed by atoms with Crippen LogP contribution in [0.2, 0.25) is 0 Å². The zero-order valence-electron chi connectivity index (χ0n) is 15.2. The summed E-state index contributed by atoms with van der Waals surface area (Å²) in [6, 6.07) is 15.8. The lowest BCUT2D eigenvalue weighted by Crippen LogP contribution is -2.28. The molecule has 2 nitrogen and oxygen atoms in total. The second kappa shape index (κ2) is 8.05. The molecular weight excluding hydrogens is 323 g/mol. The van der Waals surface area contributed by atoms with Gasteiger partial charge in [-0.15, -0.1) is 0 Å². The number of aromatic amines is 1. The average molecular weight is 350 g/mol. The first kappa shape index (κ1) is 17.3. The summed E-state index contributed by atoms with van der Waals surface area (Å²) in [6.07, 6.45) is 6.94. The molecule has 1 heterocycles. The SMILES string of the molecule is Fc1ccc2[nH]c3c(c2c1)CC(CNCCCCc1ccccc1)CC3. The highest BCUT2D eigenvalue weighted by Gasteiger charge is 2.22. The van der Waals surface area contributed by atoms with Gasteiger partial charge in [0.1, 0.15) is 5.82 Å². The Morgan fingerprint density at radius 2 is 1.96 bits per heavy atom. The Bertz CT molecular complexity index is 853. The van der Waals surface area contributed by atoms with Crippen molar-refractivity contribution in [2.45, 2.75) is 38.5 Å². The van der Waals surface area contributed by atoms with Crippen molar-refractivity contribution in [3.05, 3.63) is 71.2 Å². The molecule has 26 heavy (non-hydrogen) atoms. The number of H-pyrrole nitrogens is 1. The van der Waals surface area contributed by atoms with Crippen LogP contribution in [0.25, 0.3) is 10.9 Å². The van der Waals surface area contributed by atoms with E-state index in [9.17, 15) is 4.39 Å². The van der Waals surface area contributed by atoms with Gasteiger partial charge in [0.2, 0.25) is 0 Å². The van der Waals surface area contributed by atoms with Crippen molar-refractivity contribution in [3.8, 4) is 0 Å². The normalized spacial score (nSPS) is 16.7. The van der Waals surface area contributed by atoms with Gasteiger partial charge < -0.3 is 10.3 Å². The van der Waals surface area contributed by atoms with E-state index in [1.165, 1.54) is 36.1 Å². The van der Waals surface area contributed by atoms with Gasteiger partial charge in [0.05, 0.1) is 0 Å². The highest BCUT2D eigenvalue weighted by Crippen LogP contribution is 2.31. The molecule has 1 atom stereocenters. The number of hydrogen-bond acceptors (Lipinski definition) is 1. The molecular formula is C23H27FN2. The first-order valence-corrected chi connectivity index (χ1v) is 9.83. The maximum absolute atomic E-state index is 13.6. The standard InChI is InChI=1S/C23H27FN2/c24-19-10-12-23-21(15-19)20-14-18(9-11-22(20)26-23)16-25-13-5-4-8-17-6-2-1-3-7-17/h1-3,6-7,10,12,15,18,25-26H,4-5,8-9,11,13-14,16H2. The summed E-state index contributed by atoms with van der Waals surface area (Å²) in [5.41, 5.74) is 5.15. The molecule has 0 amide bonds. The van der Waals surface area contributed by atoms with Crippen LogP contribution in [0.1, 0.15) is 36.1 Å². The topological polar surface area (TPSA) is 27.8 Å². The summed E-state index contributed by atoms with van der Waals surface area (Å²) >= 11 is 0. The Labute approximate surface area is 154 Å². The van der Waals surface area contributed by atoms with Gasteiger partial charge in [0, 0.05) is 16.6 Å². The zero-order chi connectivity index (χ0) is 17.8. The minimum absolute atomic E-state index is 0.141. The summed E-state index contributed by atoms with van der Waals surface area (Å²) in [7, 11) is 0. The quantitative estimate of drug-likeness (QED) is 0.575. The summed E-state index contributed by atoms with van der Waals surface area (Å²) in [5.74, 6) is 0.511. The second-order valence-electron chi connectivity index (χ2n) is 7.53.